The Kier molecular flexibility index (Phi) is 7.17. The van der Waals surface area contributed by atoms with Crippen LogP contribution in [0.1, 0.15) is 5.56 Å². The van der Waals surface area contributed by atoms with Crippen LogP contribution in [0.3, 0.4) is 0 Å². The minimum absolute atomic E-state index is 1.23. The molecule has 0 amide bonds. The standard InChI is InChI=1S/C20H19Si.6ClH.Sb/c1-21(2,3)15-14-18-19(16-10-6-4-7-11-16)20(18)17-12-8-5-9-13-17;;;;;;;/h4-13H,1-3H3;6*1H;/q+1;;;;;;;+5/p-6. The second kappa shape index (κ2) is 8.14. The average molecular weight is 622 g/mol. The van der Waals surface area contributed by atoms with Crippen molar-refractivity contribution in [3.63, 3.8) is 0 Å². The fourth-order valence-electron chi connectivity index (χ4n) is 2.35. The number of rotatable bonds is 2. The zero-order valence-electron chi connectivity index (χ0n) is 15.5. The van der Waals surface area contributed by atoms with E-state index in [0.29, 0.717) is 0 Å². The summed E-state index contributed by atoms with van der Waals surface area (Å²) in [5, 5.41) is 0. The Bertz CT molecular complexity index is 910. The monoisotopic (exact) mass is 618 g/mol. The van der Waals surface area contributed by atoms with Crippen LogP contribution in [-0.4, -0.2) is 17.2 Å². The molecule has 3 rings (SSSR count). The molecule has 0 aliphatic heterocycles. The maximum absolute atomic E-state index is 5.42. The Balaban J connectivity index is 0.000000345. The van der Waals surface area contributed by atoms with Crippen LogP contribution < -0.4 is 0 Å². The molecule has 28 heavy (non-hydrogen) atoms. The molecule has 0 unspecified atom stereocenters. The summed E-state index contributed by atoms with van der Waals surface area (Å²) >= 11 is 0. The van der Waals surface area contributed by atoms with Crippen molar-refractivity contribution in [1.29, 1.82) is 0 Å². The van der Waals surface area contributed by atoms with Gasteiger partial charge in [0.1, 0.15) is 11.1 Å². The van der Waals surface area contributed by atoms with Gasteiger partial charge in [-0.25, -0.2) is 0 Å². The maximum atomic E-state index is 5.06. The molecular weight excluding hydrogens is 603 g/mol. The molecule has 0 atom stereocenters. The Morgan fingerprint density at radius 2 is 1.00 bits per heavy atom. The van der Waals surface area contributed by atoms with E-state index in [1.54, 1.807) is 0 Å². The van der Waals surface area contributed by atoms with Crippen LogP contribution in [-0.2, 0) is 0 Å². The molecule has 0 bridgehead atoms. The van der Waals surface area contributed by atoms with E-state index in [9.17, 15) is 0 Å². The van der Waals surface area contributed by atoms with Gasteiger partial charge in [-0.2, -0.15) is 0 Å². The molecule has 0 fully saturated rings. The molecule has 0 heterocycles. The molecule has 0 radical (unpaired) electrons. The summed E-state index contributed by atoms with van der Waals surface area (Å²) in [6.45, 7) is 6.86. The summed E-state index contributed by atoms with van der Waals surface area (Å²) in [4.78, 5) is 0. The van der Waals surface area contributed by atoms with Crippen molar-refractivity contribution in [1.82, 2.24) is 0 Å². The number of benzene rings is 2. The van der Waals surface area contributed by atoms with Crippen molar-refractivity contribution in [3.05, 3.63) is 66.2 Å². The summed E-state index contributed by atoms with van der Waals surface area (Å²) in [7, 11) is 23.6. The van der Waals surface area contributed by atoms with Gasteiger partial charge in [-0.3, -0.25) is 0 Å². The van der Waals surface area contributed by atoms with Crippen molar-refractivity contribution >= 4 is 70.2 Å². The molecule has 3 aromatic carbocycles. The van der Waals surface area contributed by atoms with E-state index in [1.807, 2.05) is 0 Å². The fourth-order valence-corrected chi connectivity index (χ4v) is 2.85. The van der Waals surface area contributed by atoms with Crippen LogP contribution in [0.5, 0.6) is 0 Å². The molecule has 0 N–H and O–H groups in total. The first-order valence-electron chi connectivity index (χ1n) is 8.34. The van der Waals surface area contributed by atoms with Crippen molar-refractivity contribution in [2.75, 3.05) is 0 Å². The average Bonchev–Trinajstić information content (AvgIpc) is 3.25. The third-order valence-corrected chi connectivity index (χ3v) is 4.25. The fraction of sp³-hybridized carbons (Fsp3) is 0.150. The molecular formula is C20H19Cl6SbSi. The first-order valence-corrected chi connectivity index (χ1v) is 31.2. The first-order chi connectivity index (χ1) is 12.5. The second-order valence-corrected chi connectivity index (χ2v) is 69.0. The predicted octanol–water partition coefficient (Wildman–Crippen LogP) is 9.16. The van der Waals surface area contributed by atoms with Gasteiger partial charge in [0.05, 0.1) is 11.1 Å². The van der Waals surface area contributed by atoms with Crippen molar-refractivity contribution < 1.29 is 0 Å². The van der Waals surface area contributed by atoms with E-state index in [4.69, 9.17) is 53.0 Å². The summed E-state index contributed by atoms with van der Waals surface area (Å²) in [5.74, 6) is 3.45. The van der Waals surface area contributed by atoms with Gasteiger partial charge in [0.15, 0.2) is 13.6 Å². The van der Waals surface area contributed by atoms with Crippen LogP contribution in [0, 0.1) is 11.5 Å². The summed E-state index contributed by atoms with van der Waals surface area (Å²) < 4.78 is 0. The SMILES string of the molecule is C[Si](C)(C)C#C[c+]1c(-c2ccccc2)c1-c1ccccc1.[Cl][Sb-]([Cl])([Cl])([Cl])([Cl])[Cl]. The van der Waals surface area contributed by atoms with E-state index in [0.717, 1.165) is 0 Å². The number of hydrogen-bond donors (Lipinski definition) is 0. The molecule has 0 aromatic heterocycles. The van der Waals surface area contributed by atoms with Gasteiger partial charge in [0, 0.05) is 5.92 Å². The van der Waals surface area contributed by atoms with Gasteiger partial charge in [-0.15, -0.1) is 0 Å². The van der Waals surface area contributed by atoms with E-state index in [2.05, 4.69) is 91.8 Å². The van der Waals surface area contributed by atoms with Gasteiger partial charge in [0.25, 0.3) is 0 Å². The Morgan fingerprint density at radius 3 is 1.29 bits per heavy atom. The van der Waals surface area contributed by atoms with Crippen LogP contribution >= 0.6 is 53.0 Å². The van der Waals surface area contributed by atoms with Crippen molar-refractivity contribution in [3.8, 4) is 33.7 Å². The molecule has 0 aliphatic carbocycles. The zero-order valence-corrected chi connectivity index (χ0v) is 23.6. The Morgan fingerprint density at radius 1 is 0.679 bits per heavy atom. The Hall–Kier alpha value is 0.385. The molecule has 0 spiro atoms. The third kappa shape index (κ3) is 10.4. The van der Waals surface area contributed by atoms with Crippen LogP contribution in [0.15, 0.2) is 60.7 Å². The van der Waals surface area contributed by atoms with E-state index in [-0.39, 0.29) is 0 Å². The Labute approximate surface area is 187 Å². The van der Waals surface area contributed by atoms with Gasteiger partial charge in [-0.1, -0.05) is 61.6 Å². The van der Waals surface area contributed by atoms with Crippen molar-refractivity contribution in [2.45, 2.75) is 19.6 Å². The minimum atomic E-state index is -5.42. The second-order valence-electron chi connectivity index (χ2n) is 7.32. The summed E-state index contributed by atoms with van der Waals surface area (Å²) in [6, 6.07) is 21.1. The third-order valence-electron chi connectivity index (χ3n) is 3.37. The van der Waals surface area contributed by atoms with Crippen LogP contribution in [0.4, 0.5) is 0 Å². The van der Waals surface area contributed by atoms with Gasteiger partial charge < -0.3 is 0 Å². The zero-order chi connectivity index (χ0) is 21.3. The van der Waals surface area contributed by atoms with Gasteiger partial charge in [0.2, 0.25) is 0 Å². The van der Waals surface area contributed by atoms with E-state index >= 15 is 0 Å². The molecule has 3 aromatic rings. The predicted molar refractivity (Wildman–Crippen MR) is 135 cm³/mol. The molecule has 0 saturated carbocycles. The first kappa shape index (κ1) is 24.7. The number of halogens is 6. The van der Waals surface area contributed by atoms with Crippen LogP contribution in [0.25, 0.3) is 22.3 Å². The van der Waals surface area contributed by atoms with E-state index < -0.39 is 17.2 Å². The molecule has 0 nitrogen and oxygen atoms in total. The number of hydrogen-bond acceptors (Lipinski definition) is 0. The van der Waals surface area contributed by atoms with E-state index in [1.165, 1.54) is 27.8 Å². The topological polar surface area (TPSA) is 0 Å². The summed E-state index contributed by atoms with van der Waals surface area (Å²) in [5.41, 5.74) is 9.93. The quantitative estimate of drug-likeness (QED) is 0.152. The van der Waals surface area contributed by atoms with Crippen LogP contribution in [0.2, 0.25) is 19.6 Å². The van der Waals surface area contributed by atoms with Gasteiger partial charge in [-0.05, 0) is 24.3 Å². The molecule has 8 heteroatoms. The van der Waals surface area contributed by atoms with Crippen molar-refractivity contribution in [2.24, 2.45) is 0 Å². The normalized spacial score (nSPS) is 14.2. The molecule has 0 aliphatic rings. The summed E-state index contributed by atoms with van der Waals surface area (Å²) in [6.07, 6.45) is 0. The molecule has 0 saturated heterocycles. The molecule has 150 valence electrons. The van der Waals surface area contributed by atoms with Gasteiger partial charge >= 0.3 is 62.1 Å².